The summed E-state index contributed by atoms with van der Waals surface area (Å²) in [4.78, 5) is 15.3. The molecular formula is C16H12NO. The maximum Gasteiger partial charge on any atom is 0.234 e. The molecule has 0 bridgehead atoms. The number of rotatable bonds is 4. The predicted octanol–water partition coefficient (Wildman–Crippen LogP) is 3.18. The molecule has 0 saturated heterocycles. The maximum atomic E-state index is 11.0. The van der Waals surface area contributed by atoms with Crippen molar-refractivity contribution >= 4 is 11.9 Å². The molecule has 2 nitrogen and oxygen atoms in total. The van der Waals surface area contributed by atoms with Crippen LogP contribution in [0.15, 0.2) is 73.0 Å². The summed E-state index contributed by atoms with van der Waals surface area (Å²) >= 11 is 0. The molecule has 0 N–H and O–H groups in total. The average molecular weight is 234 g/mol. The Labute approximate surface area is 106 Å². The van der Waals surface area contributed by atoms with Crippen molar-refractivity contribution < 1.29 is 4.79 Å². The first kappa shape index (κ1) is 12.0. The minimum Gasteiger partial charge on any atom is -0.285 e. The Bertz CT molecular complexity index is 519. The molecule has 1 heterocycles. The fourth-order valence-corrected chi connectivity index (χ4v) is 1.75. The lowest BCUT2D eigenvalue weighted by molar-refractivity contribution is 0.563. The van der Waals surface area contributed by atoms with Crippen molar-refractivity contribution in [3.63, 3.8) is 0 Å². The summed E-state index contributed by atoms with van der Waals surface area (Å²) in [5, 5.41) is 0. The van der Waals surface area contributed by atoms with Gasteiger partial charge >= 0.3 is 0 Å². The van der Waals surface area contributed by atoms with Crippen molar-refractivity contribution in [1.82, 2.24) is 4.98 Å². The van der Waals surface area contributed by atoms with E-state index in [1.807, 2.05) is 54.8 Å². The predicted molar refractivity (Wildman–Crippen MR) is 72.6 cm³/mol. The zero-order valence-corrected chi connectivity index (χ0v) is 9.84. The largest absolute Gasteiger partial charge is 0.285 e. The molecule has 1 radical (unpaired) electrons. The number of aromatic nitrogens is 1. The van der Waals surface area contributed by atoms with Gasteiger partial charge in [-0.2, -0.15) is 0 Å². The average Bonchev–Trinajstić information content (AvgIpc) is 2.46. The lowest BCUT2D eigenvalue weighted by Gasteiger charge is -2.08. The van der Waals surface area contributed by atoms with Gasteiger partial charge in [0.25, 0.3) is 0 Å². The van der Waals surface area contributed by atoms with E-state index in [4.69, 9.17) is 0 Å². The molecule has 2 aromatic rings. The van der Waals surface area contributed by atoms with E-state index >= 15 is 0 Å². The van der Waals surface area contributed by atoms with Crippen molar-refractivity contribution in [3.05, 3.63) is 84.2 Å². The quantitative estimate of drug-likeness (QED) is 0.600. The number of allylic oxidation sites excluding steroid dienone is 2. The van der Waals surface area contributed by atoms with Crippen LogP contribution < -0.4 is 0 Å². The summed E-state index contributed by atoms with van der Waals surface area (Å²) in [6.07, 6.45) is 5.12. The van der Waals surface area contributed by atoms with E-state index in [1.54, 1.807) is 6.20 Å². The normalized spacial score (nSPS) is 11.6. The minimum atomic E-state index is 0.417. The van der Waals surface area contributed by atoms with Gasteiger partial charge in [0.2, 0.25) is 6.29 Å². The van der Waals surface area contributed by atoms with E-state index in [0.717, 1.165) is 16.8 Å². The van der Waals surface area contributed by atoms with Crippen molar-refractivity contribution in [1.29, 1.82) is 0 Å². The summed E-state index contributed by atoms with van der Waals surface area (Å²) in [6, 6.07) is 15.2. The fourth-order valence-electron chi connectivity index (χ4n) is 1.75. The molecule has 0 amide bonds. The standard InChI is InChI=1S/C16H12NO/c1-2-13(12-18)16(14-8-4-3-5-9-14)15-10-6-7-11-17-15/h2-11H,1H2. The van der Waals surface area contributed by atoms with Crippen LogP contribution >= 0.6 is 0 Å². The highest BCUT2D eigenvalue weighted by Gasteiger charge is 2.10. The Kier molecular flexibility index (Phi) is 3.82. The van der Waals surface area contributed by atoms with Crippen LogP contribution in [0.2, 0.25) is 0 Å². The molecule has 2 heteroatoms. The highest BCUT2D eigenvalue weighted by atomic mass is 16.1. The van der Waals surface area contributed by atoms with E-state index in [1.165, 1.54) is 6.08 Å². The second-order valence-electron chi connectivity index (χ2n) is 3.68. The molecule has 0 aliphatic carbocycles. The second-order valence-corrected chi connectivity index (χ2v) is 3.68. The fraction of sp³-hybridized carbons (Fsp3) is 0. The van der Waals surface area contributed by atoms with E-state index < -0.39 is 0 Å². The molecular weight excluding hydrogens is 222 g/mol. The molecule has 0 unspecified atom stereocenters. The first-order valence-electron chi connectivity index (χ1n) is 5.58. The molecule has 0 atom stereocenters. The lowest BCUT2D eigenvalue weighted by Crippen LogP contribution is -1.96. The smallest absolute Gasteiger partial charge is 0.234 e. The number of carbonyl (C=O) groups excluding carboxylic acids is 1. The van der Waals surface area contributed by atoms with Crippen molar-refractivity contribution in [2.24, 2.45) is 0 Å². The van der Waals surface area contributed by atoms with Gasteiger partial charge < -0.3 is 0 Å². The Hall–Kier alpha value is -2.48. The molecule has 0 aliphatic heterocycles. The van der Waals surface area contributed by atoms with Crippen LogP contribution in [0.25, 0.3) is 5.57 Å². The summed E-state index contributed by atoms with van der Waals surface area (Å²) in [6.45, 7) is 3.66. The molecule has 18 heavy (non-hydrogen) atoms. The van der Waals surface area contributed by atoms with Crippen LogP contribution in [-0.4, -0.2) is 11.3 Å². The van der Waals surface area contributed by atoms with Gasteiger partial charge in [-0.25, -0.2) is 0 Å². The lowest BCUT2D eigenvalue weighted by atomic mass is 9.97. The molecule has 0 saturated carbocycles. The SMILES string of the molecule is C=CC([C]=O)=C(c1ccccc1)c1ccccn1. The summed E-state index contributed by atoms with van der Waals surface area (Å²) < 4.78 is 0. The summed E-state index contributed by atoms with van der Waals surface area (Å²) in [5.74, 6) is 0. The van der Waals surface area contributed by atoms with Gasteiger partial charge in [-0.1, -0.05) is 49.1 Å². The summed E-state index contributed by atoms with van der Waals surface area (Å²) in [5.41, 5.74) is 2.83. The third-order valence-corrected chi connectivity index (χ3v) is 2.57. The van der Waals surface area contributed by atoms with Gasteiger partial charge in [0.1, 0.15) is 0 Å². The van der Waals surface area contributed by atoms with Gasteiger partial charge in [0, 0.05) is 17.3 Å². The monoisotopic (exact) mass is 234 g/mol. The van der Waals surface area contributed by atoms with Crippen LogP contribution in [0, 0.1) is 0 Å². The molecule has 2 rings (SSSR count). The molecule has 1 aromatic carbocycles. The Morgan fingerprint density at radius 2 is 1.83 bits per heavy atom. The van der Waals surface area contributed by atoms with Gasteiger partial charge in [0.05, 0.1) is 5.69 Å². The second kappa shape index (κ2) is 5.73. The molecule has 0 fully saturated rings. The van der Waals surface area contributed by atoms with Gasteiger partial charge in [-0.3, -0.25) is 9.78 Å². The Balaban J connectivity index is 2.67. The van der Waals surface area contributed by atoms with E-state index in [2.05, 4.69) is 11.6 Å². The molecule has 87 valence electrons. The van der Waals surface area contributed by atoms with Crippen molar-refractivity contribution in [3.8, 4) is 0 Å². The van der Waals surface area contributed by atoms with Gasteiger partial charge in [-0.05, 0) is 17.7 Å². The minimum absolute atomic E-state index is 0.417. The number of hydrogen-bond donors (Lipinski definition) is 0. The zero-order chi connectivity index (χ0) is 12.8. The van der Waals surface area contributed by atoms with Crippen LogP contribution in [-0.2, 0) is 4.79 Å². The van der Waals surface area contributed by atoms with E-state index in [0.29, 0.717) is 5.57 Å². The van der Waals surface area contributed by atoms with Crippen LogP contribution in [0.5, 0.6) is 0 Å². The number of nitrogens with zero attached hydrogens (tertiary/aromatic N) is 1. The first-order chi connectivity index (χ1) is 8.86. The third-order valence-electron chi connectivity index (χ3n) is 2.57. The van der Waals surface area contributed by atoms with E-state index in [9.17, 15) is 4.79 Å². The van der Waals surface area contributed by atoms with Crippen LogP contribution in [0.1, 0.15) is 11.3 Å². The third kappa shape index (κ3) is 2.43. The van der Waals surface area contributed by atoms with Crippen molar-refractivity contribution in [2.45, 2.75) is 0 Å². The highest BCUT2D eigenvalue weighted by Crippen LogP contribution is 2.24. The van der Waals surface area contributed by atoms with Crippen molar-refractivity contribution in [2.75, 3.05) is 0 Å². The maximum absolute atomic E-state index is 11.0. The Morgan fingerprint density at radius 1 is 1.11 bits per heavy atom. The molecule has 1 aromatic heterocycles. The number of benzene rings is 1. The molecule has 0 spiro atoms. The van der Waals surface area contributed by atoms with Crippen LogP contribution in [0.4, 0.5) is 0 Å². The van der Waals surface area contributed by atoms with E-state index in [-0.39, 0.29) is 0 Å². The Morgan fingerprint density at radius 3 is 2.39 bits per heavy atom. The molecule has 0 aliphatic rings. The topological polar surface area (TPSA) is 30.0 Å². The number of hydrogen-bond acceptors (Lipinski definition) is 2. The summed E-state index contributed by atoms with van der Waals surface area (Å²) in [7, 11) is 0. The van der Waals surface area contributed by atoms with Gasteiger partial charge in [0.15, 0.2) is 0 Å². The van der Waals surface area contributed by atoms with Crippen LogP contribution in [0.3, 0.4) is 0 Å². The zero-order valence-electron chi connectivity index (χ0n) is 9.84. The first-order valence-corrected chi connectivity index (χ1v) is 5.58. The number of pyridine rings is 1. The van der Waals surface area contributed by atoms with Gasteiger partial charge in [-0.15, -0.1) is 0 Å². The highest BCUT2D eigenvalue weighted by molar-refractivity contribution is 5.96.